The van der Waals surface area contributed by atoms with Crippen LogP contribution in [0.4, 0.5) is 0 Å². The first kappa shape index (κ1) is 17.0. The third kappa shape index (κ3) is 4.23. The second-order valence-electron chi connectivity index (χ2n) is 6.33. The molecule has 0 aliphatic carbocycles. The van der Waals surface area contributed by atoms with Gasteiger partial charge in [0.1, 0.15) is 5.75 Å². The molecule has 0 saturated carbocycles. The van der Waals surface area contributed by atoms with Gasteiger partial charge in [0.2, 0.25) is 0 Å². The summed E-state index contributed by atoms with van der Waals surface area (Å²) in [6.07, 6.45) is 5.46. The fourth-order valence-electron chi connectivity index (χ4n) is 3.07. The molecule has 0 spiro atoms. The van der Waals surface area contributed by atoms with Crippen LogP contribution in [0.5, 0.6) is 5.75 Å². The van der Waals surface area contributed by atoms with Crippen LogP contribution in [0.1, 0.15) is 12.0 Å². The van der Waals surface area contributed by atoms with E-state index in [0.29, 0.717) is 6.61 Å². The van der Waals surface area contributed by atoms with E-state index in [0.717, 1.165) is 29.8 Å². The smallest absolute Gasteiger partial charge is 0.127 e. The molecule has 4 aromatic rings. The number of hydrogen-bond donors (Lipinski definition) is 0. The second kappa shape index (κ2) is 8.32. The molecule has 0 aliphatic rings. The summed E-state index contributed by atoms with van der Waals surface area (Å²) in [5.41, 5.74) is 4.62. The summed E-state index contributed by atoms with van der Waals surface area (Å²) >= 11 is 0. The summed E-state index contributed by atoms with van der Waals surface area (Å²) in [4.78, 5) is 0. The number of nitrogens with zero attached hydrogens (tertiary/aromatic N) is 3. The zero-order valence-corrected chi connectivity index (χ0v) is 15.0. The van der Waals surface area contributed by atoms with Crippen molar-refractivity contribution < 1.29 is 4.74 Å². The van der Waals surface area contributed by atoms with Crippen molar-refractivity contribution >= 4 is 0 Å². The van der Waals surface area contributed by atoms with Gasteiger partial charge in [-0.15, -0.1) is 5.10 Å². The largest absolute Gasteiger partial charge is 0.493 e. The lowest BCUT2D eigenvalue weighted by atomic mass is 10.0. The van der Waals surface area contributed by atoms with Crippen LogP contribution in [-0.4, -0.2) is 21.6 Å². The van der Waals surface area contributed by atoms with Crippen LogP contribution in [0, 0.1) is 0 Å². The number of hydrogen-bond acceptors (Lipinski definition) is 3. The number of benzene rings is 3. The minimum absolute atomic E-state index is 0.689. The van der Waals surface area contributed by atoms with Gasteiger partial charge in [0.25, 0.3) is 0 Å². The first-order valence-electron chi connectivity index (χ1n) is 9.13. The number of aromatic nitrogens is 3. The van der Waals surface area contributed by atoms with Gasteiger partial charge in [0, 0.05) is 5.56 Å². The van der Waals surface area contributed by atoms with Crippen LogP contribution in [0.3, 0.4) is 0 Å². The lowest BCUT2D eigenvalue weighted by Crippen LogP contribution is -2.01. The summed E-state index contributed by atoms with van der Waals surface area (Å²) in [6, 6.07) is 27.0. The highest BCUT2D eigenvalue weighted by molar-refractivity contribution is 5.70. The molecule has 134 valence electrons. The summed E-state index contributed by atoms with van der Waals surface area (Å²) in [5.74, 6) is 0.935. The summed E-state index contributed by atoms with van der Waals surface area (Å²) < 4.78 is 7.83. The van der Waals surface area contributed by atoms with E-state index in [-0.39, 0.29) is 0 Å². The van der Waals surface area contributed by atoms with Crippen molar-refractivity contribution in [1.29, 1.82) is 0 Å². The van der Waals surface area contributed by atoms with Crippen molar-refractivity contribution in [1.82, 2.24) is 15.0 Å². The van der Waals surface area contributed by atoms with Crippen LogP contribution in [-0.2, 0) is 6.42 Å². The molecule has 3 aromatic carbocycles. The van der Waals surface area contributed by atoms with E-state index in [1.807, 2.05) is 30.5 Å². The molecule has 0 aliphatic heterocycles. The maximum absolute atomic E-state index is 6.07. The molecule has 0 radical (unpaired) electrons. The molecule has 0 N–H and O–H groups in total. The van der Waals surface area contributed by atoms with Crippen LogP contribution in [0.25, 0.3) is 16.8 Å². The van der Waals surface area contributed by atoms with E-state index in [1.54, 1.807) is 10.9 Å². The molecule has 1 aromatic heterocycles. The highest BCUT2D eigenvalue weighted by Gasteiger charge is 2.05. The fourth-order valence-corrected chi connectivity index (χ4v) is 3.07. The Kier molecular flexibility index (Phi) is 5.25. The first-order valence-corrected chi connectivity index (χ1v) is 9.13. The summed E-state index contributed by atoms with van der Waals surface area (Å²) in [7, 11) is 0. The monoisotopic (exact) mass is 355 g/mol. The third-order valence-electron chi connectivity index (χ3n) is 4.46. The van der Waals surface area contributed by atoms with Gasteiger partial charge in [-0.25, -0.2) is 4.68 Å². The van der Waals surface area contributed by atoms with E-state index in [1.165, 1.54) is 11.1 Å². The topological polar surface area (TPSA) is 39.9 Å². The molecular formula is C23H21N3O. The molecule has 4 rings (SSSR count). The maximum Gasteiger partial charge on any atom is 0.127 e. The minimum atomic E-state index is 0.689. The Morgan fingerprint density at radius 1 is 0.815 bits per heavy atom. The molecule has 0 atom stereocenters. The second-order valence-corrected chi connectivity index (χ2v) is 6.33. The number of aryl methyl sites for hydroxylation is 1. The molecule has 4 heteroatoms. The Labute approximate surface area is 159 Å². The molecule has 4 nitrogen and oxygen atoms in total. The molecule has 0 unspecified atom stereocenters. The Morgan fingerprint density at radius 3 is 2.37 bits per heavy atom. The average Bonchev–Trinajstić information content (AvgIpc) is 3.28. The molecule has 0 amide bonds. The van der Waals surface area contributed by atoms with E-state index < -0.39 is 0 Å². The normalized spacial score (nSPS) is 10.7. The van der Waals surface area contributed by atoms with Gasteiger partial charge in [-0.3, -0.25) is 0 Å². The van der Waals surface area contributed by atoms with Crippen LogP contribution in [0.15, 0.2) is 91.3 Å². The van der Waals surface area contributed by atoms with Crippen LogP contribution < -0.4 is 4.74 Å². The van der Waals surface area contributed by atoms with Crippen molar-refractivity contribution in [2.75, 3.05) is 6.61 Å². The van der Waals surface area contributed by atoms with E-state index in [9.17, 15) is 0 Å². The van der Waals surface area contributed by atoms with Crippen molar-refractivity contribution in [3.63, 3.8) is 0 Å². The van der Waals surface area contributed by atoms with E-state index >= 15 is 0 Å². The Morgan fingerprint density at radius 2 is 1.59 bits per heavy atom. The van der Waals surface area contributed by atoms with Gasteiger partial charge >= 0.3 is 0 Å². The lowest BCUT2D eigenvalue weighted by Gasteiger charge is -2.12. The van der Waals surface area contributed by atoms with Gasteiger partial charge in [0.15, 0.2) is 0 Å². The quantitative estimate of drug-likeness (QED) is 0.441. The fraction of sp³-hybridized carbons (Fsp3) is 0.130. The van der Waals surface area contributed by atoms with Gasteiger partial charge in [-0.2, -0.15) is 0 Å². The Balaban J connectivity index is 1.33. The summed E-state index contributed by atoms with van der Waals surface area (Å²) in [5, 5.41) is 7.84. The maximum atomic E-state index is 6.07. The molecule has 1 heterocycles. The van der Waals surface area contributed by atoms with Crippen molar-refractivity contribution in [2.45, 2.75) is 12.8 Å². The standard InChI is InChI=1S/C23H21N3O/c1-2-8-20(9-3-1)22-10-4-5-11-23(22)27-18-6-7-19-12-14-21(15-13-19)26-17-16-24-25-26/h1-5,8-17H,6-7,18H2. The molecule has 0 saturated heterocycles. The number of para-hydroxylation sites is 1. The van der Waals surface area contributed by atoms with Gasteiger partial charge in [-0.05, 0) is 42.2 Å². The van der Waals surface area contributed by atoms with Gasteiger partial charge in [0.05, 0.1) is 24.7 Å². The highest BCUT2D eigenvalue weighted by atomic mass is 16.5. The molecule has 27 heavy (non-hydrogen) atoms. The van der Waals surface area contributed by atoms with E-state index in [4.69, 9.17) is 4.74 Å². The van der Waals surface area contributed by atoms with Gasteiger partial charge < -0.3 is 4.74 Å². The van der Waals surface area contributed by atoms with Crippen LogP contribution >= 0.6 is 0 Å². The van der Waals surface area contributed by atoms with Crippen molar-refractivity contribution in [3.8, 4) is 22.6 Å². The average molecular weight is 355 g/mol. The third-order valence-corrected chi connectivity index (χ3v) is 4.46. The molecular weight excluding hydrogens is 334 g/mol. The Bertz CT molecular complexity index is 964. The van der Waals surface area contributed by atoms with Crippen molar-refractivity contribution in [3.05, 3.63) is 96.8 Å². The Hall–Kier alpha value is -3.40. The minimum Gasteiger partial charge on any atom is -0.493 e. The predicted molar refractivity (Wildman–Crippen MR) is 107 cm³/mol. The highest BCUT2D eigenvalue weighted by Crippen LogP contribution is 2.29. The lowest BCUT2D eigenvalue weighted by molar-refractivity contribution is 0.312. The number of ether oxygens (including phenoxy) is 1. The SMILES string of the molecule is c1ccc(-c2ccccc2OCCCc2ccc(-n3ccnn3)cc2)cc1. The van der Waals surface area contributed by atoms with Gasteiger partial charge in [-0.1, -0.05) is 65.9 Å². The zero-order chi connectivity index (χ0) is 18.3. The van der Waals surface area contributed by atoms with E-state index in [2.05, 4.69) is 64.9 Å². The predicted octanol–water partition coefficient (Wildman–Crippen LogP) is 4.95. The van der Waals surface area contributed by atoms with Crippen LogP contribution in [0.2, 0.25) is 0 Å². The molecule has 0 bridgehead atoms. The number of rotatable bonds is 7. The van der Waals surface area contributed by atoms with Crippen molar-refractivity contribution in [2.24, 2.45) is 0 Å². The molecule has 0 fully saturated rings. The first-order chi connectivity index (χ1) is 13.4. The zero-order valence-electron chi connectivity index (χ0n) is 15.0. The summed E-state index contributed by atoms with van der Waals surface area (Å²) in [6.45, 7) is 0.689.